The maximum atomic E-state index is 12.2. The van der Waals surface area contributed by atoms with Gasteiger partial charge in [-0.2, -0.15) is 0 Å². The summed E-state index contributed by atoms with van der Waals surface area (Å²) >= 11 is 0. The Morgan fingerprint density at radius 3 is 2.57 bits per heavy atom. The molecule has 0 radical (unpaired) electrons. The Morgan fingerprint density at radius 1 is 1.00 bits per heavy atom. The quantitative estimate of drug-likeness (QED) is 0.336. The first-order valence-corrected chi connectivity index (χ1v) is 6.82. The van der Waals surface area contributed by atoms with Crippen LogP contribution in [0.5, 0.6) is 11.5 Å². The Hall–Kier alpha value is -3.34. The number of allylic oxidation sites excluding steroid dienone is 1. The molecule has 5 heteroatoms. The largest absolute Gasteiger partial charge is 0.504 e. The van der Waals surface area contributed by atoms with E-state index in [2.05, 4.69) is 0 Å². The zero-order valence-corrected chi connectivity index (χ0v) is 11.9. The van der Waals surface area contributed by atoms with Crippen molar-refractivity contribution in [3.63, 3.8) is 0 Å². The lowest BCUT2D eigenvalue weighted by Crippen LogP contribution is -2.11. The minimum atomic E-state index is -0.702. The maximum Gasteiger partial charge on any atom is 0.347 e. The first kappa shape index (κ1) is 14.6. The van der Waals surface area contributed by atoms with E-state index in [4.69, 9.17) is 4.42 Å². The van der Waals surface area contributed by atoms with Crippen LogP contribution in [-0.4, -0.2) is 16.0 Å². The molecule has 0 saturated carbocycles. The van der Waals surface area contributed by atoms with Crippen LogP contribution in [0.1, 0.15) is 15.9 Å². The van der Waals surface area contributed by atoms with Crippen LogP contribution in [0.3, 0.4) is 0 Å². The number of para-hydroxylation sites is 1. The average Bonchev–Trinajstić information content (AvgIpc) is 2.55. The van der Waals surface area contributed by atoms with Crippen molar-refractivity contribution >= 4 is 22.8 Å². The zero-order chi connectivity index (χ0) is 16.4. The minimum absolute atomic E-state index is 0.0667. The molecule has 3 rings (SSSR count). The molecule has 3 aromatic rings. The molecule has 2 aromatic carbocycles. The van der Waals surface area contributed by atoms with Crippen LogP contribution in [0.2, 0.25) is 0 Å². The van der Waals surface area contributed by atoms with Crippen LogP contribution < -0.4 is 5.63 Å². The van der Waals surface area contributed by atoms with Crippen molar-refractivity contribution in [3.8, 4) is 11.5 Å². The van der Waals surface area contributed by atoms with Gasteiger partial charge in [-0.3, -0.25) is 4.79 Å². The summed E-state index contributed by atoms with van der Waals surface area (Å²) in [5, 5.41) is 19.3. The number of carbonyl (C=O) groups excluding carboxylic acids is 1. The molecule has 23 heavy (non-hydrogen) atoms. The van der Waals surface area contributed by atoms with Crippen molar-refractivity contribution in [3.05, 3.63) is 76.2 Å². The Labute approximate surface area is 130 Å². The van der Waals surface area contributed by atoms with Gasteiger partial charge in [0.05, 0.1) is 0 Å². The molecule has 0 aliphatic rings. The van der Waals surface area contributed by atoms with Gasteiger partial charge in [0.15, 0.2) is 17.3 Å². The zero-order valence-electron chi connectivity index (χ0n) is 11.9. The van der Waals surface area contributed by atoms with Crippen LogP contribution in [0, 0.1) is 0 Å². The molecule has 0 unspecified atom stereocenters. The smallest absolute Gasteiger partial charge is 0.347 e. The third kappa shape index (κ3) is 2.98. The number of carbonyl (C=O) groups is 1. The number of phenols is 2. The van der Waals surface area contributed by atoms with Crippen molar-refractivity contribution in [2.75, 3.05) is 0 Å². The molecule has 2 N–H and O–H groups in total. The van der Waals surface area contributed by atoms with Crippen molar-refractivity contribution in [1.29, 1.82) is 0 Å². The van der Waals surface area contributed by atoms with Gasteiger partial charge in [0.2, 0.25) is 0 Å². The van der Waals surface area contributed by atoms with Crippen molar-refractivity contribution in [2.45, 2.75) is 0 Å². The second-order valence-electron chi connectivity index (χ2n) is 4.93. The summed E-state index contributed by atoms with van der Waals surface area (Å²) in [7, 11) is 0. The lowest BCUT2D eigenvalue weighted by Gasteiger charge is -2.00. The minimum Gasteiger partial charge on any atom is -0.504 e. The molecular formula is C18H12O5. The number of phenolic OH excluding ortho intramolecular Hbond substituents is 2. The summed E-state index contributed by atoms with van der Waals surface area (Å²) < 4.78 is 5.12. The van der Waals surface area contributed by atoms with E-state index in [1.165, 1.54) is 36.4 Å². The molecule has 0 aliphatic carbocycles. The van der Waals surface area contributed by atoms with Crippen LogP contribution in [0.25, 0.3) is 17.0 Å². The van der Waals surface area contributed by atoms with Gasteiger partial charge in [0.25, 0.3) is 0 Å². The predicted molar refractivity (Wildman–Crippen MR) is 85.6 cm³/mol. The summed E-state index contributed by atoms with van der Waals surface area (Å²) in [6.07, 6.45) is 2.66. The predicted octanol–water partition coefficient (Wildman–Crippen LogP) is 3.10. The standard InChI is InChI=1S/C18H12O5/c19-14(7-5-11-6-8-15(20)16(21)9-11)13-10-12-3-1-2-4-17(12)23-18(13)22/h1-10,20-21H/b7-5-. The highest BCUT2D eigenvalue weighted by Gasteiger charge is 2.11. The van der Waals surface area contributed by atoms with E-state index in [1.807, 2.05) is 0 Å². The number of rotatable bonds is 3. The lowest BCUT2D eigenvalue weighted by atomic mass is 10.1. The molecule has 0 bridgehead atoms. The number of fused-ring (bicyclic) bond motifs is 1. The molecule has 5 nitrogen and oxygen atoms in total. The molecule has 0 amide bonds. The number of ketones is 1. The highest BCUT2D eigenvalue weighted by molar-refractivity contribution is 6.07. The molecule has 114 valence electrons. The van der Waals surface area contributed by atoms with Gasteiger partial charge in [-0.05, 0) is 35.9 Å². The summed E-state index contributed by atoms with van der Waals surface area (Å²) in [6, 6.07) is 12.6. The van der Waals surface area contributed by atoms with Crippen LogP contribution >= 0.6 is 0 Å². The molecule has 1 heterocycles. The Bertz CT molecular complexity index is 982. The molecule has 0 spiro atoms. The SMILES string of the molecule is O=C(/C=C\c1ccc(O)c(O)c1)c1cc2ccccc2oc1=O. The molecular weight excluding hydrogens is 296 g/mol. The number of aromatic hydroxyl groups is 2. The van der Waals surface area contributed by atoms with E-state index in [1.54, 1.807) is 24.3 Å². The fraction of sp³-hybridized carbons (Fsp3) is 0. The fourth-order valence-corrected chi connectivity index (χ4v) is 2.14. The van der Waals surface area contributed by atoms with Crippen molar-refractivity contribution in [1.82, 2.24) is 0 Å². The van der Waals surface area contributed by atoms with Crippen LogP contribution in [0.4, 0.5) is 0 Å². The van der Waals surface area contributed by atoms with E-state index >= 15 is 0 Å². The lowest BCUT2D eigenvalue weighted by molar-refractivity contribution is 0.104. The van der Waals surface area contributed by atoms with E-state index < -0.39 is 11.4 Å². The Kier molecular flexibility index (Phi) is 3.68. The Morgan fingerprint density at radius 2 is 1.78 bits per heavy atom. The van der Waals surface area contributed by atoms with E-state index in [9.17, 15) is 19.8 Å². The van der Waals surface area contributed by atoms with Gasteiger partial charge in [-0.1, -0.05) is 30.3 Å². The van der Waals surface area contributed by atoms with Crippen molar-refractivity contribution in [2.24, 2.45) is 0 Å². The highest BCUT2D eigenvalue weighted by Crippen LogP contribution is 2.25. The average molecular weight is 308 g/mol. The summed E-state index contributed by atoms with van der Waals surface area (Å²) in [6.45, 7) is 0. The third-order valence-electron chi connectivity index (χ3n) is 3.33. The fourth-order valence-electron chi connectivity index (χ4n) is 2.14. The number of benzene rings is 2. The highest BCUT2D eigenvalue weighted by atomic mass is 16.4. The molecule has 0 fully saturated rings. The van der Waals surface area contributed by atoms with Crippen LogP contribution in [-0.2, 0) is 0 Å². The molecule has 1 aromatic heterocycles. The van der Waals surface area contributed by atoms with Gasteiger partial charge < -0.3 is 14.6 Å². The Balaban J connectivity index is 1.93. The third-order valence-corrected chi connectivity index (χ3v) is 3.33. The maximum absolute atomic E-state index is 12.2. The second-order valence-corrected chi connectivity index (χ2v) is 4.93. The summed E-state index contributed by atoms with van der Waals surface area (Å²) in [4.78, 5) is 24.1. The van der Waals surface area contributed by atoms with Crippen molar-refractivity contribution < 1.29 is 19.4 Å². The summed E-state index contributed by atoms with van der Waals surface area (Å²) in [5.41, 5.74) is 0.162. The normalized spacial score (nSPS) is 11.1. The first-order chi connectivity index (χ1) is 11.0. The topological polar surface area (TPSA) is 87.7 Å². The van der Waals surface area contributed by atoms with Gasteiger partial charge in [0.1, 0.15) is 11.1 Å². The van der Waals surface area contributed by atoms with E-state index in [-0.39, 0.29) is 17.1 Å². The number of hydrogen-bond acceptors (Lipinski definition) is 5. The van der Waals surface area contributed by atoms with Gasteiger partial charge >= 0.3 is 5.63 Å². The van der Waals surface area contributed by atoms with E-state index in [0.717, 1.165) is 0 Å². The van der Waals surface area contributed by atoms with E-state index in [0.29, 0.717) is 16.5 Å². The molecule has 0 atom stereocenters. The number of hydrogen-bond donors (Lipinski definition) is 2. The van der Waals surface area contributed by atoms with Gasteiger partial charge in [0, 0.05) is 5.39 Å². The van der Waals surface area contributed by atoms with Gasteiger partial charge in [-0.15, -0.1) is 0 Å². The monoisotopic (exact) mass is 308 g/mol. The molecule has 0 saturated heterocycles. The summed E-state index contributed by atoms with van der Waals surface area (Å²) in [5.74, 6) is -1.04. The van der Waals surface area contributed by atoms with Gasteiger partial charge in [-0.25, -0.2) is 4.79 Å². The molecule has 0 aliphatic heterocycles. The first-order valence-electron chi connectivity index (χ1n) is 6.82. The second kappa shape index (κ2) is 5.81. The van der Waals surface area contributed by atoms with Crippen LogP contribution in [0.15, 0.2) is 63.8 Å².